The minimum Gasteiger partial charge on any atom is -0.494 e. The monoisotopic (exact) mass is 438 g/mol. The summed E-state index contributed by atoms with van der Waals surface area (Å²) >= 11 is 0. The van der Waals surface area contributed by atoms with Gasteiger partial charge in [0.1, 0.15) is 17.4 Å². The van der Waals surface area contributed by atoms with Crippen LogP contribution >= 0.6 is 0 Å². The highest BCUT2D eigenvalue weighted by Crippen LogP contribution is 2.33. The lowest BCUT2D eigenvalue weighted by atomic mass is 9.93. The Kier molecular flexibility index (Phi) is 7.98. The second kappa shape index (κ2) is 10.9. The zero-order chi connectivity index (χ0) is 23.1. The van der Waals surface area contributed by atoms with Gasteiger partial charge in [0, 0.05) is 17.2 Å². The van der Waals surface area contributed by atoms with Crippen LogP contribution in [-0.2, 0) is 6.42 Å². The molecule has 5 heteroatoms. The van der Waals surface area contributed by atoms with Crippen molar-refractivity contribution in [1.29, 1.82) is 0 Å². The summed E-state index contributed by atoms with van der Waals surface area (Å²) in [5.74, 6) is -1.88. The van der Waals surface area contributed by atoms with Crippen molar-refractivity contribution in [3.8, 4) is 28.0 Å². The average Bonchev–Trinajstić information content (AvgIpc) is 2.77. The van der Waals surface area contributed by atoms with Gasteiger partial charge in [-0.15, -0.1) is 0 Å². The first kappa shape index (κ1) is 23.5. The molecule has 0 spiro atoms. The Labute approximate surface area is 187 Å². The minimum absolute atomic E-state index is 0.113. The number of aromatic carboxylic acids is 1. The predicted octanol–water partition coefficient (Wildman–Crippen LogP) is 7.52. The first-order valence-electron chi connectivity index (χ1n) is 11.0. The normalized spacial score (nSPS) is 10.9. The van der Waals surface area contributed by atoms with Gasteiger partial charge in [0.2, 0.25) is 0 Å². The SMILES string of the molecule is CCCCCCc1ccc(C(=O)O)c(-c2ccc(-c3ccc(OCC)cc3F)c(F)c2)c1. The van der Waals surface area contributed by atoms with E-state index in [0.29, 0.717) is 23.5 Å². The molecule has 32 heavy (non-hydrogen) atoms. The predicted molar refractivity (Wildman–Crippen MR) is 123 cm³/mol. The topological polar surface area (TPSA) is 46.5 Å². The quantitative estimate of drug-likeness (QED) is 0.333. The summed E-state index contributed by atoms with van der Waals surface area (Å²) in [7, 11) is 0. The molecule has 0 amide bonds. The van der Waals surface area contributed by atoms with E-state index in [2.05, 4.69) is 6.92 Å². The van der Waals surface area contributed by atoms with Crippen molar-refractivity contribution >= 4 is 5.97 Å². The molecule has 0 saturated heterocycles. The Balaban J connectivity index is 1.94. The van der Waals surface area contributed by atoms with Gasteiger partial charge < -0.3 is 9.84 Å². The third-order valence-corrected chi connectivity index (χ3v) is 5.46. The number of hydrogen-bond donors (Lipinski definition) is 1. The van der Waals surface area contributed by atoms with Crippen LogP contribution in [0.25, 0.3) is 22.3 Å². The van der Waals surface area contributed by atoms with Crippen LogP contribution in [0.2, 0.25) is 0 Å². The molecule has 0 aliphatic heterocycles. The standard InChI is InChI=1S/C27H28F2O3/c1-3-5-6-7-8-18-9-12-23(27(30)31)24(15-18)19-10-13-21(25(28)16-19)22-14-11-20(32-4-2)17-26(22)29/h9-17H,3-8H2,1-2H3,(H,30,31). The molecule has 3 nitrogen and oxygen atoms in total. The fourth-order valence-electron chi connectivity index (χ4n) is 3.80. The molecular formula is C27H28F2O3. The molecule has 3 aromatic carbocycles. The fraction of sp³-hybridized carbons (Fsp3) is 0.296. The average molecular weight is 439 g/mol. The molecule has 168 valence electrons. The van der Waals surface area contributed by atoms with Crippen molar-refractivity contribution in [2.75, 3.05) is 6.61 Å². The second-order valence-corrected chi connectivity index (χ2v) is 7.77. The van der Waals surface area contributed by atoms with Crippen molar-refractivity contribution in [1.82, 2.24) is 0 Å². The number of unbranched alkanes of at least 4 members (excludes halogenated alkanes) is 3. The van der Waals surface area contributed by atoms with Gasteiger partial charge in [0.15, 0.2) is 0 Å². The summed E-state index contributed by atoms with van der Waals surface area (Å²) in [6, 6.07) is 13.9. The van der Waals surface area contributed by atoms with E-state index in [1.165, 1.54) is 24.3 Å². The summed E-state index contributed by atoms with van der Waals surface area (Å²) in [6.07, 6.45) is 5.27. The van der Waals surface area contributed by atoms with E-state index >= 15 is 4.39 Å². The number of aryl methyl sites for hydroxylation is 1. The van der Waals surface area contributed by atoms with Crippen molar-refractivity contribution in [2.45, 2.75) is 46.0 Å². The minimum atomic E-state index is -1.07. The Morgan fingerprint density at radius 2 is 1.56 bits per heavy atom. The molecular weight excluding hydrogens is 410 g/mol. The van der Waals surface area contributed by atoms with Crippen LogP contribution in [-0.4, -0.2) is 17.7 Å². The van der Waals surface area contributed by atoms with Crippen LogP contribution in [0, 0.1) is 11.6 Å². The summed E-state index contributed by atoms with van der Waals surface area (Å²) in [6.45, 7) is 4.36. The third kappa shape index (κ3) is 5.52. The first-order chi connectivity index (χ1) is 15.4. The summed E-state index contributed by atoms with van der Waals surface area (Å²) < 4.78 is 34.8. The molecule has 0 radical (unpaired) electrons. The van der Waals surface area contributed by atoms with Gasteiger partial charge >= 0.3 is 5.97 Å². The van der Waals surface area contributed by atoms with Crippen molar-refractivity contribution in [3.05, 3.63) is 77.4 Å². The molecule has 0 unspecified atom stereocenters. The number of hydrogen-bond acceptors (Lipinski definition) is 2. The highest BCUT2D eigenvalue weighted by Gasteiger charge is 2.16. The molecule has 0 bridgehead atoms. The Hall–Kier alpha value is -3.21. The molecule has 0 saturated carbocycles. The van der Waals surface area contributed by atoms with Gasteiger partial charge in [0.05, 0.1) is 12.2 Å². The molecule has 0 aromatic heterocycles. The largest absolute Gasteiger partial charge is 0.494 e. The van der Waals surface area contributed by atoms with Crippen molar-refractivity contribution in [3.63, 3.8) is 0 Å². The zero-order valence-electron chi connectivity index (χ0n) is 18.5. The molecule has 1 N–H and O–H groups in total. The number of carboxylic acid groups (broad SMARTS) is 1. The van der Waals surface area contributed by atoms with Crippen LogP contribution in [0.4, 0.5) is 8.78 Å². The van der Waals surface area contributed by atoms with Gasteiger partial charge in [-0.25, -0.2) is 13.6 Å². The van der Waals surface area contributed by atoms with E-state index in [4.69, 9.17) is 4.74 Å². The first-order valence-corrected chi connectivity index (χ1v) is 11.0. The van der Waals surface area contributed by atoms with Crippen LogP contribution < -0.4 is 4.74 Å². The fourth-order valence-corrected chi connectivity index (χ4v) is 3.80. The van der Waals surface area contributed by atoms with Crippen LogP contribution in [0.15, 0.2) is 54.6 Å². The van der Waals surface area contributed by atoms with Gasteiger partial charge in [-0.3, -0.25) is 0 Å². The number of ether oxygens (including phenoxy) is 1. The summed E-state index contributed by atoms with van der Waals surface area (Å²) in [5.41, 5.74) is 2.28. The number of carboxylic acids is 1. The number of halogens is 2. The lowest BCUT2D eigenvalue weighted by molar-refractivity contribution is 0.0697. The van der Waals surface area contributed by atoms with Gasteiger partial charge in [-0.2, -0.15) is 0 Å². The Morgan fingerprint density at radius 1 is 0.844 bits per heavy atom. The molecule has 0 heterocycles. The van der Waals surface area contributed by atoms with E-state index in [9.17, 15) is 14.3 Å². The Bertz CT molecular complexity index is 1090. The van der Waals surface area contributed by atoms with Crippen molar-refractivity contribution < 1.29 is 23.4 Å². The Morgan fingerprint density at radius 3 is 2.19 bits per heavy atom. The zero-order valence-corrected chi connectivity index (χ0v) is 18.5. The van der Waals surface area contributed by atoms with Crippen LogP contribution in [0.5, 0.6) is 5.75 Å². The summed E-state index contributed by atoms with van der Waals surface area (Å²) in [4.78, 5) is 11.8. The van der Waals surface area contributed by atoms with Gasteiger partial charge in [-0.05, 0) is 60.7 Å². The third-order valence-electron chi connectivity index (χ3n) is 5.46. The maximum Gasteiger partial charge on any atom is 0.336 e. The van der Waals surface area contributed by atoms with E-state index < -0.39 is 17.6 Å². The lowest BCUT2D eigenvalue weighted by Crippen LogP contribution is -2.01. The van der Waals surface area contributed by atoms with E-state index in [0.717, 1.165) is 37.7 Å². The van der Waals surface area contributed by atoms with Gasteiger partial charge in [0.25, 0.3) is 0 Å². The van der Waals surface area contributed by atoms with Crippen LogP contribution in [0.1, 0.15) is 55.5 Å². The molecule has 3 rings (SSSR count). The van der Waals surface area contributed by atoms with E-state index in [-0.39, 0.29) is 16.7 Å². The maximum absolute atomic E-state index is 15.0. The number of rotatable bonds is 10. The number of benzene rings is 3. The van der Waals surface area contributed by atoms with Gasteiger partial charge in [-0.1, -0.05) is 50.5 Å². The number of carbonyl (C=O) groups is 1. The maximum atomic E-state index is 15.0. The highest BCUT2D eigenvalue weighted by atomic mass is 19.1. The highest BCUT2D eigenvalue weighted by molar-refractivity contribution is 5.96. The van der Waals surface area contributed by atoms with E-state index in [1.54, 1.807) is 25.1 Å². The lowest BCUT2D eigenvalue weighted by Gasteiger charge is -2.12. The second-order valence-electron chi connectivity index (χ2n) is 7.77. The molecule has 0 aliphatic rings. The van der Waals surface area contributed by atoms with E-state index in [1.807, 2.05) is 12.1 Å². The molecule has 0 aliphatic carbocycles. The van der Waals surface area contributed by atoms with Crippen molar-refractivity contribution in [2.24, 2.45) is 0 Å². The smallest absolute Gasteiger partial charge is 0.336 e. The summed E-state index contributed by atoms with van der Waals surface area (Å²) in [5, 5.41) is 9.62. The molecule has 0 atom stereocenters. The molecule has 0 fully saturated rings. The van der Waals surface area contributed by atoms with Crippen LogP contribution in [0.3, 0.4) is 0 Å². The molecule has 3 aromatic rings.